The predicted molar refractivity (Wildman–Crippen MR) is 165 cm³/mol. The Kier molecular flexibility index (Phi) is 10.2. The quantitative estimate of drug-likeness (QED) is 0.445. The van der Waals surface area contributed by atoms with Crippen molar-refractivity contribution in [3.05, 3.63) is 81.3 Å². The third-order valence-corrected chi connectivity index (χ3v) is 8.08. The molecule has 2 aromatic carbocycles. The highest BCUT2D eigenvalue weighted by atomic mass is 19.1. The Labute approximate surface area is 265 Å². The molecule has 1 aromatic heterocycles. The lowest BCUT2D eigenvalue weighted by Crippen LogP contribution is -2.58. The van der Waals surface area contributed by atoms with Gasteiger partial charge in [-0.05, 0) is 61.7 Å². The maximum absolute atomic E-state index is 14.6. The molecule has 244 valence electrons. The van der Waals surface area contributed by atoms with Crippen LogP contribution in [0.25, 0.3) is 0 Å². The number of nitrogens with zero attached hydrogens (tertiary/aromatic N) is 3. The molecule has 1 fully saturated rings. The summed E-state index contributed by atoms with van der Waals surface area (Å²) in [6.45, 7) is 3.92. The molecule has 0 aliphatic carbocycles. The van der Waals surface area contributed by atoms with Crippen molar-refractivity contribution in [2.75, 3.05) is 26.8 Å². The highest BCUT2D eigenvalue weighted by Crippen LogP contribution is 2.29. The Balaban J connectivity index is 1.36. The zero-order valence-electron chi connectivity index (χ0n) is 26.1. The number of aromatic nitrogens is 2. The van der Waals surface area contributed by atoms with E-state index in [2.05, 4.69) is 15.6 Å². The molecule has 5 rings (SSSR count). The zero-order chi connectivity index (χ0) is 32.8. The van der Waals surface area contributed by atoms with E-state index in [1.165, 1.54) is 23.8 Å². The number of halogens is 1. The fraction of sp³-hybridized carbons (Fsp3) is 0.424. The van der Waals surface area contributed by atoms with E-state index in [-0.39, 0.29) is 56.6 Å². The number of nitrogens with one attached hydrogen (secondary N) is 2. The van der Waals surface area contributed by atoms with Crippen molar-refractivity contribution in [3.63, 3.8) is 0 Å². The molecule has 2 atom stereocenters. The van der Waals surface area contributed by atoms with Crippen LogP contribution in [0, 0.1) is 19.7 Å². The predicted octanol–water partition coefficient (Wildman–Crippen LogP) is 2.20. The molecule has 0 radical (unpaired) electrons. The minimum atomic E-state index is -0.655. The van der Waals surface area contributed by atoms with Crippen LogP contribution in [-0.2, 0) is 33.9 Å². The number of benzene rings is 2. The van der Waals surface area contributed by atoms with Gasteiger partial charge in [-0.15, -0.1) is 0 Å². The fourth-order valence-corrected chi connectivity index (χ4v) is 5.74. The second kappa shape index (κ2) is 14.4. The van der Waals surface area contributed by atoms with E-state index in [4.69, 9.17) is 14.2 Å². The number of hydrogen-bond acceptors (Lipinski definition) is 8. The molecule has 2 aliphatic heterocycles. The number of aryl methyl sites for hydroxylation is 3. The van der Waals surface area contributed by atoms with E-state index in [0.717, 1.165) is 5.56 Å². The number of hydrogen-bond donors (Lipinski definition) is 2. The molecular weight excluding hydrogens is 597 g/mol. The number of ether oxygens (including phenoxy) is 3. The number of amides is 3. The van der Waals surface area contributed by atoms with Crippen molar-refractivity contribution in [2.24, 2.45) is 0 Å². The van der Waals surface area contributed by atoms with Gasteiger partial charge < -0.3 is 29.7 Å². The van der Waals surface area contributed by atoms with E-state index < -0.39 is 29.6 Å². The third kappa shape index (κ3) is 8.20. The number of carbonyl (C=O) groups excluding carboxylic acids is 3. The third-order valence-electron chi connectivity index (χ3n) is 8.08. The number of methoxy groups -OCH3 is 1. The van der Waals surface area contributed by atoms with Gasteiger partial charge in [0.1, 0.15) is 17.7 Å². The van der Waals surface area contributed by atoms with E-state index in [0.29, 0.717) is 47.8 Å². The van der Waals surface area contributed by atoms with Crippen LogP contribution in [0.1, 0.15) is 41.8 Å². The number of piperidine rings is 1. The van der Waals surface area contributed by atoms with Crippen molar-refractivity contribution in [1.82, 2.24) is 25.1 Å². The molecule has 3 heterocycles. The van der Waals surface area contributed by atoms with Gasteiger partial charge >= 0.3 is 5.69 Å². The van der Waals surface area contributed by atoms with Crippen molar-refractivity contribution in [2.45, 2.75) is 64.8 Å². The van der Waals surface area contributed by atoms with Crippen LogP contribution in [0.2, 0.25) is 0 Å². The van der Waals surface area contributed by atoms with Crippen LogP contribution in [-0.4, -0.2) is 71.1 Å². The van der Waals surface area contributed by atoms with E-state index in [9.17, 15) is 23.6 Å². The molecular formula is C33H38FN5O7. The van der Waals surface area contributed by atoms with Gasteiger partial charge in [-0.3, -0.25) is 19.0 Å². The van der Waals surface area contributed by atoms with Gasteiger partial charge in [0.2, 0.25) is 11.8 Å². The number of fused-ring (bicyclic) bond motifs is 5. The monoisotopic (exact) mass is 635 g/mol. The molecule has 2 N–H and O–H groups in total. The van der Waals surface area contributed by atoms with Gasteiger partial charge in [-0.1, -0.05) is 6.07 Å². The Morgan fingerprint density at radius 2 is 1.89 bits per heavy atom. The van der Waals surface area contributed by atoms with Gasteiger partial charge in [0, 0.05) is 62.9 Å². The minimum Gasteiger partial charge on any atom is -0.493 e. The maximum Gasteiger partial charge on any atom is 0.347 e. The average Bonchev–Trinajstić information content (AvgIpc) is 3.01. The molecule has 2 aliphatic rings. The molecule has 13 heteroatoms. The summed E-state index contributed by atoms with van der Waals surface area (Å²) in [4.78, 5) is 57.0. The largest absolute Gasteiger partial charge is 0.493 e. The fourth-order valence-electron chi connectivity index (χ4n) is 5.74. The first-order chi connectivity index (χ1) is 22.1. The van der Waals surface area contributed by atoms with Gasteiger partial charge in [0.05, 0.1) is 13.2 Å². The first-order valence-corrected chi connectivity index (χ1v) is 15.2. The molecule has 0 saturated carbocycles. The highest BCUT2D eigenvalue weighted by Gasteiger charge is 2.34. The molecule has 0 spiro atoms. The second-order valence-electron chi connectivity index (χ2n) is 11.5. The Morgan fingerprint density at radius 1 is 1.07 bits per heavy atom. The molecule has 4 bridgehead atoms. The van der Waals surface area contributed by atoms with Gasteiger partial charge in [-0.2, -0.15) is 4.98 Å². The summed E-state index contributed by atoms with van der Waals surface area (Å²) in [5.41, 5.74) is 2.25. The molecule has 12 nitrogen and oxygen atoms in total. The van der Waals surface area contributed by atoms with Crippen molar-refractivity contribution < 1.29 is 33.0 Å². The average molecular weight is 636 g/mol. The van der Waals surface area contributed by atoms with Crippen LogP contribution in [0.3, 0.4) is 0 Å². The van der Waals surface area contributed by atoms with Crippen LogP contribution in [0.5, 0.6) is 17.2 Å². The molecule has 1 saturated heterocycles. The maximum atomic E-state index is 14.6. The molecule has 3 amide bonds. The number of rotatable bonds is 4. The van der Waals surface area contributed by atoms with Crippen LogP contribution in [0.4, 0.5) is 4.39 Å². The topological polar surface area (TPSA) is 141 Å². The normalized spacial score (nSPS) is 18.9. The van der Waals surface area contributed by atoms with Gasteiger partial charge in [0.15, 0.2) is 18.1 Å². The Bertz CT molecular complexity index is 1680. The van der Waals surface area contributed by atoms with E-state index in [1.807, 2.05) is 6.07 Å². The van der Waals surface area contributed by atoms with Crippen molar-refractivity contribution in [1.29, 1.82) is 0 Å². The smallest absolute Gasteiger partial charge is 0.347 e. The molecule has 3 aromatic rings. The second-order valence-corrected chi connectivity index (χ2v) is 11.5. The van der Waals surface area contributed by atoms with Crippen molar-refractivity contribution >= 4 is 17.7 Å². The summed E-state index contributed by atoms with van der Waals surface area (Å²) >= 11 is 0. The highest BCUT2D eigenvalue weighted by molar-refractivity contribution is 5.79. The summed E-state index contributed by atoms with van der Waals surface area (Å²) < 4.78 is 33.5. The van der Waals surface area contributed by atoms with E-state index >= 15 is 0 Å². The number of carbonyl (C=O) groups is 3. The Hall–Kier alpha value is -4.94. The van der Waals surface area contributed by atoms with Gasteiger partial charge in [-0.25, -0.2) is 9.18 Å². The first-order valence-electron chi connectivity index (χ1n) is 15.2. The molecule has 0 unspecified atom stereocenters. The summed E-state index contributed by atoms with van der Waals surface area (Å²) in [6, 6.07) is 10.6. The van der Waals surface area contributed by atoms with Crippen LogP contribution >= 0.6 is 0 Å². The summed E-state index contributed by atoms with van der Waals surface area (Å²) in [6.07, 6.45) is 0.428. The summed E-state index contributed by atoms with van der Waals surface area (Å²) in [5.74, 6) is -0.349. The van der Waals surface area contributed by atoms with Gasteiger partial charge in [0.25, 0.3) is 5.91 Å². The summed E-state index contributed by atoms with van der Waals surface area (Å²) in [7, 11) is 1.49. The lowest BCUT2D eigenvalue weighted by atomic mass is 10.0. The minimum absolute atomic E-state index is 0.0654. The lowest BCUT2D eigenvalue weighted by molar-refractivity contribution is -0.135. The van der Waals surface area contributed by atoms with Crippen LogP contribution in [0.15, 0.2) is 47.3 Å². The Morgan fingerprint density at radius 3 is 2.67 bits per heavy atom. The first kappa shape index (κ1) is 32.5. The van der Waals surface area contributed by atoms with Crippen molar-refractivity contribution in [3.8, 4) is 17.2 Å². The number of likely N-dealkylation sites (tertiary alicyclic amines) is 1. The zero-order valence-corrected chi connectivity index (χ0v) is 26.1. The SMILES string of the molecule is COc1ccc2cc1OCC(=O)N[C@@H]1CN(C(=O)CCn3c(C)cc(C)nc3=O)CC[C@H]1Oc1cc(F)cc(c1)CNC(=O)CC2. The van der Waals surface area contributed by atoms with Crippen LogP contribution < -0.4 is 30.5 Å². The summed E-state index contributed by atoms with van der Waals surface area (Å²) in [5, 5.41) is 5.76. The lowest BCUT2D eigenvalue weighted by Gasteiger charge is -2.39. The van der Waals surface area contributed by atoms with E-state index in [1.54, 1.807) is 43.0 Å². The standard InChI is InChI=1S/C33H38FN5O7/c1-20-12-21(2)39(33(43)36-20)11-9-32(42)38-10-8-27-26(18-38)37-31(41)19-45-29-15-22(4-6-28(29)44-3)5-7-30(40)35-17-23-13-24(34)16-25(14-23)46-27/h4,6,12-16,26-27H,5,7-11,17-19H2,1-3H3,(H,35,40)(H,37,41)/t26-,27-/m1/s1. The molecule has 46 heavy (non-hydrogen) atoms.